The van der Waals surface area contributed by atoms with E-state index in [4.69, 9.17) is 0 Å². The average molecular weight is 260 g/mol. The third-order valence-electron chi connectivity index (χ3n) is 2.10. The highest BCUT2D eigenvalue weighted by molar-refractivity contribution is 8.02. The summed E-state index contributed by atoms with van der Waals surface area (Å²) in [7, 11) is 0. The lowest BCUT2D eigenvalue weighted by atomic mass is 10.4. The van der Waals surface area contributed by atoms with Crippen LogP contribution in [0.5, 0.6) is 0 Å². The SMILES string of the molecule is CCCCSc1cscc1SCCCC. The molecule has 0 fully saturated rings. The van der Waals surface area contributed by atoms with Crippen LogP contribution >= 0.6 is 34.9 Å². The molecule has 86 valence electrons. The first-order chi connectivity index (χ1) is 7.38. The van der Waals surface area contributed by atoms with Crippen molar-refractivity contribution in [2.45, 2.75) is 49.3 Å². The van der Waals surface area contributed by atoms with Crippen molar-refractivity contribution in [2.24, 2.45) is 0 Å². The Balaban J connectivity index is 2.32. The normalized spacial score (nSPS) is 10.8. The maximum absolute atomic E-state index is 2.30. The Morgan fingerprint density at radius 3 is 1.80 bits per heavy atom. The molecule has 15 heavy (non-hydrogen) atoms. The van der Waals surface area contributed by atoms with Gasteiger partial charge in [-0.05, 0) is 24.3 Å². The van der Waals surface area contributed by atoms with Gasteiger partial charge in [-0.25, -0.2) is 0 Å². The third kappa shape index (κ3) is 5.32. The monoisotopic (exact) mass is 260 g/mol. The maximum atomic E-state index is 2.30. The highest BCUT2D eigenvalue weighted by atomic mass is 32.2. The molecule has 0 aliphatic carbocycles. The second-order valence-corrected chi connectivity index (χ2v) is 6.52. The summed E-state index contributed by atoms with van der Waals surface area (Å²) < 4.78 is 0. The molecule has 0 N–H and O–H groups in total. The van der Waals surface area contributed by atoms with Crippen molar-refractivity contribution in [1.29, 1.82) is 0 Å². The van der Waals surface area contributed by atoms with Gasteiger partial charge in [-0.15, -0.1) is 23.5 Å². The van der Waals surface area contributed by atoms with Crippen molar-refractivity contribution in [1.82, 2.24) is 0 Å². The molecule has 0 nitrogen and oxygen atoms in total. The molecular weight excluding hydrogens is 240 g/mol. The number of thiophene rings is 1. The zero-order valence-corrected chi connectivity index (χ0v) is 12.1. The molecule has 1 aromatic rings. The Labute approximate surface area is 106 Å². The zero-order chi connectivity index (χ0) is 10.9. The smallest absolute Gasteiger partial charge is 0.0315 e. The van der Waals surface area contributed by atoms with Crippen LogP contribution in [0, 0.1) is 0 Å². The first kappa shape index (κ1) is 13.5. The number of rotatable bonds is 8. The van der Waals surface area contributed by atoms with Gasteiger partial charge in [0.1, 0.15) is 0 Å². The fraction of sp³-hybridized carbons (Fsp3) is 0.667. The summed E-state index contributed by atoms with van der Waals surface area (Å²) in [6.07, 6.45) is 5.27. The van der Waals surface area contributed by atoms with E-state index in [1.165, 1.54) is 47.0 Å². The molecule has 0 amide bonds. The molecule has 0 aliphatic heterocycles. The first-order valence-electron chi connectivity index (χ1n) is 5.70. The summed E-state index contributed by atoms with van der Waals surface area (Å²) in [5.74, 6) is 2.54. The Morgan fingerprint density at radius 2 is 1.40 bits per heavy atom. The van der Waals surface area contributed by atoms with Gasteiger partial charge in [0.05, 0.1) is 0 Å². The zero-order valence-electron chi connectivity index (χ0n) is 9.62. The van der Waals surface area contributed by atoms with Gasteiger partial charge in [0.2, 0.25) is 0 Å². The van der Waals surface area contributed by atoms with Crippen LogP contribution in [0.25, 0.3) is 0 Å². The van der Waals surface area contributed by atoms with E-state index in [0.717, 1.165) is 0 Å². The van der Waals surface area contributed by atoms with Crippen molar-refractivity contribution >= 4 is 34.9 Å². The lowest BCUT2D eigenvalue weighted by molar-refractivity contribution is 0.894. The van der Waals surface area contributed by atoms with Crippen LogP contribution in [0.3, 0.4) is 0 Å². The van der Waals surface area contributed by atoms with E-state index in [1.54, 1.807) is 0 Å². The fourth-order valence-corrected chi connectivity index (χ4v) is 4.79. The molecule has 1 aromatic heterocycles. The molecule has 0 bridgehead atoms. The molecule has 0 saturated heterocycles. The molecule has 0 saturated carbocycles. The Morgan fingerprint density at radius 1 is 0.933 bits per heavy atom. The number of hydrogen-bond acceptors (Lipinski definition) is 3. The van der Waals surface area contributed by atoms with E-state index in [1.807, 2.05) is 34.9 Å². The quantitative estimate of drug-likeness (QED) is 0.445. The van der Waals surface area contributed by atoms with Gasteiger partial charge in [-0.3, -0.25) is 0 Å². The lowest BCUT2D eigenvalue weighted by Gasteiger charge is -2.02. The van der Waals surface area contributed by atoms with Gasteiger partial charge < -0.3 is 0 Å². The molecule has 0 aromatic carbocycles. The summed E-state index contributed by atoms with van der Waals surface area (Å²) in [6.45, 7) is 4.51. The summed E-state index contributed by atoms with van der Waals surface area (Å²) in [4.78, 5) is 3.02. The van der Waals surface area contributed by atoms with Gasteiger partial charge in [0, 0.05) is 20.6 Å². The second kappa shape index (κ2) is 8.54. The van der Waals surface area contributed by atoms with Crippen molar-refractivity contribution in [3.8, 4) is 0 Å². The van der Waals surface area contributed by atoms with Crippen molar-refractivity contribution in [3.63, 3.8) is 0 Å². The van der Waals surface area contributed by atoms with Crippen LogP contribution in [0.1, 0.15) is 39.5 Å². The van der Waals surface area contributed by atoms with Crippen LogP contribution in [0.4, 0.5) is 0 Å². The Hall–Kier alpha value is 0.400. The van der Waals surface area contributed by atoms with Crippen LogP contribution < -0.4 is 0 Å². The van der Waals surface area contributed by atoms with Gasteiger partial charge in [0.25, 0.3) is 0 Å². The Kier molecular flexibility index (Phi) is 7.67. The molecule has 0 unspecified atom stereocenters. The summed E-state index contributed by atoms with van der Waals surface area (Å²) >= 11 is 5.89. The first-order valence-corrected chi connectivity index (χ1v) is 8.61. The number of thioether (sulfide) groups is 2. The summed E-state index contributed by atoms with van der Waals surface area (Å²) in [5.41, 5.74) is 0. The standard InChI is InChI=1S/C12H20S3/c1-3-5-7-14-11-9-13-10-12(11)15-8-6-4-2/h9-10H,3-8H2,1-2H3. The predicted molar refractivity (Wildman–Crippen MR) is 75.6 cm³/mol. The maximum Gasteiger partial charge on any atom is 0.0315 e. The predicted octanol–water partition coefficient (Wildman–Crippen LogP) is 5.53. The van der Waals surface area contributed by atoms with Crippen LogP contribution in [-0.2, 0) is 0 Å². The minimum absolute atomic E-state index is 1.27. The molecule has 0 aliphatic rings. The molecule has 3 heteroatoms. The van der Waals surface area contributed by atoms with Crippen LogP contribution in [-0.4, -0.2) is 11.5 Å². The average Bonchev–Trinajstić information content (AvgIpc) is 2.67. The summed E-state index contributed by atoms with van der Waals surface area (Å²) in [6, 6.07) is 0. The fourth-order valence-electron chi connectivity index (χ4n) is 1.14. The van der Waals surface area contributed by atoms with Gasteiger partial charge >= 0.3 is 0 Å². The van der Waals surface area contributed by atoms with Crippen molar-refractivity contribution in [3.05, 3.63) is 10.8 Å². The van der Waals surface area contributed by atoms with Crippen LogP contribution in [0.15, 0.2) is 20.6 Å². The van der Waals surface area contributed by atoms with E-state index in [2.05, 4.69) is 24.6 Å². The molecule has 1 heterocycles. The molecule has 0 atom stereocenters. The minimum Gasteiger partial charge on any atom is -0.150 e. The third-order valence-corrected chi connectivity index (χ3v) is 5.56. The van der Waals surface area contributed by atoms with E-state index in [0.29, 0.717) is 0 Å². The van der Waals surface area contributed by atoms with Crippen molar-refractivity contribution < 1.29 is 0 Å². The number of hydrogen-bond donors (Lipinski definition) is 0. The minimum atomic E-state index is 1.27. The molecular formula is C12H20S3. The topological polar surface area (TPSA) is 0 Å². The van der Waals surface area contributed by atoms with Gasteiger partial charge in [0.15, 0.2) is 0 Å². The van der Waals surface area contributed by atoms with E-state index in [9.17, 15) is 0 Å². The van der Waals surface area contributed by atoms with Gasteiger partial charge in [-0.2, -0.15) is 11.3 Å². The lowest BCUT2D eigenvalue weighted by Crippen LogP contribution is -1.80. The van der Waals surface area contributed by atoms with Crippen LogP contribution in [0.2, 0.25) is 0 Å². The van der Waals surface area contributed by atoms with Gasteiger partial charge in [-0.1, -0.05) is 26.7 Å². The number of unbranched alkanes of at least 4 members (excludes halogenated alkanes) is 2. The Bertz CT molecular complexity index is 231. The molecule has 0 spiro atoms. The van der Waals surface area contributed by atoms with E-state index < -0.39 is 0 Å². The highest BCUT2D eigenvalue weighted by Gasteiger charge is 2.04. The molecule has 1 rings (SSSR count). The van der Waals surface area contributed by atoms with E-state index in [-0.39, 0.29) is 0 Å². The summed E-state index contributed by atoms with van der Waals surface area (Å²) in [5, 5.41) is 4.60. The largest absolute Gasteiger partial charge is 0.150 e. The van der Waals surface area contributed by atoms with E-state index >= 15 is 0 Å². The molecule has 0 radical (unpaired) electrons. The second-order valence-electron chi connectivity index (χ2n) is 3.50. The highest BCUT2D eigenvalue weighted by Crippen LogP contribution is 2.34. The van der Waals surface area contributed by atoms with Crippen molar-refractivity contribution in [2.75, 3.05) is 11.5 Å².